The van der Waals surface area contributed by atoms with Crippen molar-refractivity contribution in [1.29, 1.82) is 0 Å². The summed E-state index contributed by atoms with van der Waals surface area (Å²) >= 11 is 0. The van der Waals surface area contributed by atoms with Gasteiger partial charge in [-0.05, 0) is 55.5 Å². The van der Waals surface area contributed by atoms with Gasteiger partial charge in [0.2, 0.25) is 11.8 Å². The molecule has 0 spiro atoms. The smallest absolute Gasteiger partial charge is 0.229 e. The minimum absolute atomic E-state index is 0.0741. The van der Waals surface area contributed by atoms with Gasteiger partial charge in [-0.1, -0.05) is 0 Å². The zero-order valence-corrected chi connectivity index (χ0v) is 19.9. The van der Waals surface area contributed by atoms with Crippen molar-refractivity contribution in [3.8, 4) is 11.6 Å². The van der Waals surface area contributed by atoms with Gasteiger partial charge in [0.15, 0.2) is 0 Å². The average Bonchev–Trinajstić information content (AvgIpc) is 3.51. The number of hydrogen-bond acceptors (Lipinski definition) is 7. The first kappa shape index (κ1) is 23.0. The first-order valence-electron chi connectivity index (χ1n) is 11.4. The largest absolute Gasteiger partial charge is 0.497 e. The molecule has 2 aromatic heterocycles. The molecule has 10 nitrogen and oxygen atoms in total. The van der Waals surface area contributed by atoms with E-state index in [0.29, 0.717) is 29.6 Å². The number of nitrogens with zero attached hydrogens (tertiary/aromatic N) is 5. The Morgan fingerprint density at radius 1 is 1.03 bits per heavy atom. The molecule has 36 heavy (non-hydrogen) atoms. The van der Waals surface area contributed by atoms with Gasteiger partial charge >= 0.3 is 0 Å². The number of imidazole rings is 1. The third-order valence-corrected chi connectivity index (χ3v) is 6.03. The van der Waals surface area contributed by atoms with E-state index >= 15 is 0 Å². The number of carbonyl (C=O) groups is 2. The third-order valence-electron chi connectivity index (χ3n) is 6.03. The highest BCUT2D eigenvalue weighted by Crippen LogP contribution is 2.28. The summed E-state index contributed by atoms with van der Waals surface area (Å²) in [5.41, 5.74) is 2.21. The van der Waals surface area contributed by atoms with Gasteiger partial charge in [-0.2, -0.15) is 0 Å². The summed E-state index contributed by atoms with van der Waals surface area (Å²) in [6.45, 7) is 2.24. The van der Waals surface area contributed by atoms with Crippen LogP contribution in [0.15, 0.2) is 73.3 Å². The van der Waals surface area contributed by atoms with Crippen LogP contribution in [0.4, 0.5) is 22.9 Å². The summed E-state index contributed by atoms with van der Waals surface area (Å²) in [6, 6.07) is 16.4. The highest BCUT2D eigenvalue weighted by molar-refractivity contribution is 6.03. The molecule has 2 amide bonds. The number of amides is 2. The lowest BCUT2D eigenvalue weighted by Gasteiger charge is -2.17. The Bertz CT molecular complexity index is 1380. The van der Waals surface area contributed by atoms with Gasteiger partial charge < -0.3 is 20.3 Å². The van der Waals surface area contributed by atoms with Crippen LogP contribution in [0, 0.1) is 12.8 Å². The zero-order chi connectivity index (χ0) is 25.1. The number of aromatic nitrogens is 4. The molecule has 0 radical (unpaired) electrons. The highest BCUT2D eigenvalue weighted by atomic mass is 16.5. The molecule has 1 aliphatic rings. The molecule has 2 N–H and O–H groups in total. The quantitative estimate of drug-likeness (QED) is 0.412. The topological polar surface area (TPSA) is 114 Å². The monoisotopic (exact) mass is 483 g/mol. The van der Waals surface area contributed by atoms with Crippen molar-refractivity contribution in [2.75, 3.05) is 29.2 Å². The number of rotatable bonds is 7. The molecule has 3 heterocycles. The maximum atomic E-state index is 12.8. The van der Waals surface area contributed by atoms with E-state index in [1.165, 1.54) is 6.33 Å². The van der Waals surface area contributed by atoms with Gasteiger partial charge in [0, 0.05) is 48.5 Å². The molecule has 0 saturated carbocycles. The summed E-state index contributed by atoms with van der Waals surface area (Å²) < 4.78 is 7.04. The first-order valence-corrected chi connectivity index (χ1v) is 11.4. The Balaban J connectivity index is 1.20. The molecule has 10 heteroatoms. The lowest BCUT2D eigenvalue weighted by molar-refractivity contribution is -0.122. The van der Waals surface area contributed by atoms with Crippen LogP contribution in [-0.2, 0) is 9.59 Å². The predicted molar refractivity (Wildman–Crippen MR) is 136 cm³/mol. The van der Waals surface area contributed by atoms with Gasteiger partial charge in [-0.15, -0.1) is 0 Å². The van der Waals surface area contributed by atoms with Crippen LogP contribution in [0.5, 0.6) is 5.75 Å². The molecule has 5 rings (SSSR count). The molecule has 0 aliphatic carbocycles. The fourth-order valence-electron chi connectivity index (χ4n) is 4.09. The van der Waals surface area contributed by atoms with E-state index in [1.807, 2.05) is 48.0 Å². The number of hydrogen-bond donors (Lipinski definition) is 2. The van der Waals surface area contributed by atoms with E-state index in [2.05, 4.69) is 25.6 Å². The average molecular weight is 484 g/mol. The van der Waals surface area contributed by atoms with Crippen molar-refractivity contribution in [2.24, 2.45) is 5.92 Å². The van der Waals surface area contributed by atoms with Crippen LogP contribution in [0.25, 0.3) is 5.82 Å². The van der Waals surface area contributed by atoms with Gasteiger partial charge in [0.1, 0.15) is 29.5 Å². The van der Waals surface area contributed by atoms with Crippen LogP contribution in [-0.4, -0.2) is 45.0 Å². The van der Waals surface area contributed by atoms with Crippen LogP contribution in [0.2, 0.25) is 0 Å². The van der Waals surface area contributed by atoms with Crippen molar-refractivity contribution in [3.63, 3.8) is 0 Å². The second-order valence-electron chi connectivity index (χ2n) is 8.40. The van der Waals surface area contributed by atoms with Gasteiger partial charge in [-0.3, -0.25) is 14.2 Å². The van der Waals surface area contributed by atoms with Crippen LogP contribution in [0.3, 0.4) is 0 Å². The minimum Gasteiger partial charge on any atom is -0.497 e. The summed E-state index contributed by atoms with van der Waals surface area (Å²) in [7, 11) is 1.59. The van der Waals surface area contributed by atoms with Crippen molar-refractivity contribution in [3.05, 3.63) is 79.1 Å². The molecule has 1 saturated heterocycles. The molecule has 4 aromatic rings. The van der Waals surface area contributed by atoms with E-state index in [0.717, 1.165) is 17.2 Å². The molecule has 182 valence electrons. The number of methoxy groups -OCH3 is 1. The van der Waals surface area contributed by atoms with E-state index in [9.17, 15) is 9.59 Å². The lowest BCUT2D eigenvalue weighted by atomic mass is 10.1. The number of nitrogens with one attached hydrogen (secondary N) is 2. The minimum atomic E-state index is -0.427. The Hall–Kier alpha value is -4.73. The second-order valence-corrected chi connectivity index (χ2v) is 8.40. The highest BCUT2D eigenvalue weighted by Gasteiger charge is 2.35. The Kier molecular flexibility index (Phi) is 6.31. The third kappa shape index (κ3) is 4.88. The summed E-state index contributed by atoms with van der Waals surface area (Å²) in [5.74, 6) is 2.20. The molecule has 1 fully saturated rings. The zero-order valence-electron chi connectivity index (χ0n) is 19.9. The van der Waals surface area contributed by atoms with E-state index < -0.39 is 5.92 Å². The molecule has 0 unspecified atom stereocenters. The Labute approximate surface area is 208 Å². The lowest BCUT2D eigenvalue weighted by Crippen LogP contribution is -2.28. The molecule has 1 atom stereocenters. The standard InChI is InChI=1S/C26H25N7O3/c1-17-27-11-12-32(17)24-14-23(28-16-29-24)30-19-3-5-20(6-4-19)31-26(35)18-13-25(34)33(15-18)21-7-9-22(36-2)10-8-21/h3-12,14,16,18H,13,15H2,1-2H3,(H,31,35)(H,28,29,30)/t18-/m0/s1. The number of aryl methyl sites for hydroxylation is 1. The molecule has 0 bridgehead atoms. The first-order chi connectivity index (χ1) is 17.5. The van der Waals surface area contributed by atoms with Crippen LogP contribution < -0.4 is 20.3 Å². The number of benzene rings is 2. The van der Waals surface area contributed by atoms with Crippen LogP contribution in [0.1, 0.15) is 12.2 Å². The normalized spacial score (nSPS) is 15.1. The van der Waals surface area contributed by atoms with Crippen LogP contribution >= 0.6 is 0 Å². The predicted octanol–water partition coefficient (Wildman–Crippen LogP) is 3.71. The van der Waals surface area contributed by atoms with Gasteiger partial charge in [-0.25, -0.2) is 15.0 Å². The number of carbonyl (C=O) groups excluding carboxylic acids is 2. The SMILES string of the molecule is COc1ccc(N2C[C@@H](C(=O)Nc3ccc(Nc4cc(-n5ccnc5C)ncn4)cc3)CC2=O)cc1. The number of ether oxygens (including phenoxy) is 1. The molecular weight excluding hydrogens is 458 g/mol. The molecule has 2 aromatic carbocycles. The maximum Gasteiger partial charge on any atom is 0.229 e. The van der Waals surface area contributed by atoms with Gasteiger partial charge in [0.05, 0.1) is 13.0 Å². The Morgan fingerprint density at radius 2 is 1.78 bits per heavy atom. The summed E-state index contributed by atoms with van der Waals surface area (Å²) in [4.78, 5) is 39.8. The number of anilines is 4. The maximum absolute atomic E-state index is 12.8. The van der Waals surface area contributed by atoms with Crippen molar-refractivity contribution < 1.29 is 14.3 Å². The second kappa shape index (κ2) is 9.87. The summed E-state index contributed by atoms with van der Waals surface area (Å²) in [5, 5.41) is 6.16. The van der Waals surface area contributed by atoms with Crippen molar-refractivity contribution >= 4 is 34.7 Å². The molecular formula is C26H25N7O3. The molecule has 1 aliphatic heterocycles. The fourth-order valence-corrected chi connectivity index (χ4v) is 4.09. The van der Waals surface area contributed by atoms with Gasteiger partial charge in [0.25, 0.3) is 0 Å². The fraction of sp³-hybridized carbons (Fsp3) is 0.192. The van der Waals surface area contributed by atoms with E-state index in [-0.39, 0.29) is 18.2 Å². The van der Waals surface area contributed by atoms with E-state index in [1.54, 1.807) is 42.5 Å². The van der Waals surface area contributed by atoms with E-state index in [4.69, 9.17) is 4.74 Å². The van der Waals surface area contributed by atoms with Crippen molar-refractivity contribution in [2.45, 2.75) is 13.3 Å². The van der Waals surface area contributed by atoms with Crippen molar-refractivity contribution in [1.82, 2.24) is 19.5 Å². The summed E-state index contributed by atoms with van der Waals surface area (Å²) in [6.07, 6.45) is 5.22. The Morgan fingerprint density at radius 3 is 2.47 bits per heavy atom.